The highest BCUT2D eigenvalue weighted by molar-refractivity contribution is 5.37. The van der Waals surface area contributed by atoms with Gasteiger partial charge in [0.2, 0.25) is 0 Å². The number of piperazine rings is 1. The highest BCUT2D eigenvalue weighted by atomic mass is 16.5. The second-order valence-corrected chi connectivity index (χ2v) is 7.88. The molecule has 1 heterocycles. The van der Waals surface area contributed by atoms with E-state index in [-0.39, 0.29) is 6.61 Å². The van der Waals surface area contributed by atoms with Crippen LogP contribution in [0, 0.1) is 6.92 Å². The number of hydrogen-bond donors (Lipinski definition) is 1. The molecule has 0 bridgehead atoms. The minimum Gasteiger partial charge on any atom is -0.496 e. The maximum absolute atomic E-state index is 9.61. The van der Waals surface area contributed by atoms with Gasteiger partial charge in [-0.25, -0.2) is 0 Å². The van der Waals surface area contributed by atoms with Crippen LogP contribution in [0.3, 0.4) is 0 Å². The Balaban J connectivity index is 1.66. The normalized spacial score (nSPS) is 18.1. The van der Waals surface area contributed by atoms with E-state index in [4.69, 9.17) is 9.47 Å². The van der Waals surface area contributed by atoms with Crippen LogP contribution >= 0.6 is 0 Å². The summed E-state index contributed by atoms with van der Waals surface area (Å²) < 4.78 is 10.8. The number of aliphatic hydroxyl groups excluding tert-OH is 1. The quantitative estimate of drug-likeness (QED) is 0.703. The Morgan fingerprint density at radius 1 is 1.03 bits per heavy atom. The third-order valence-electron chi connectivity index (χ3n) is 5.84. The van der Waals surface area contributed by atoms with Gasteiger partial charge in [-0.15, -0.1) is 0 Å². The molecule has 0 amide bonds. The topological polar surface area (TPSA) is 45.2 Å². The molecule has 5 nitrogen and oxygen atoms in total. The maximum Gasteiger partial charge on any atom is 0.124 e. The number of hydrogen-bond acceptors (Lipinski definition) is 5. The monoisotopic (exact) mass is 398 g/mol. The Morgan fingerprint density at radius 3 is 2.59 bits per heavy atom. The molecule has 0 unspecified atom stereocenters. The van der Waals surface area contributed by atoms with Gasteiger partial charge in [-0.1, -0.05) is 30.3 Å². The van der Waals surface area contributed by atoms with Gasteiger partial charge >= 0.3 is 0 Å². The number of ether oxygens (including phenoxy) is 2. The molecule has 29 heavy (non-hydrogen) atoms. The van der Waals surface area contributed by atoms with E-state index in [2.05, 4.69) is 53.1 Å². The zero-order valence-electron chi connectivity index (χ0n) is 17.9. The summed E-state index contributed by atoms with van der Waals surface area (Å²) in [6, 6.07) is 15.3. The first-order valence-corrected chi connectivity index (χ1v) is 10.4. The van der Waals surface area contributed by atoms with Crippen LogP contribution in [0.2, 0.25) is 0 Å². The van der Waals surface area contributed by atoms with Crippen LogP contribution in [0.1, 0.15) is 28.7 Å². The summed E-state index contributed by atoms with van der Waals surface area (Å²) in [4.78, 5) is 5.02. The van der Waals surface area contributed by atoms with Gasteiger partial charge in [-0.2, -0.15) is 0 Å². The van der Waals surface area contributed by atoms with E-state index in [1.54, 1.807) is 14.2 Å². The second-order valence-electron chi connectivity index (χ2n) is 7.88. The van der Waals surface area contributed by atoms with Gasteiger partial charge in [-0.3, -0.25) is 9.80 Å². The molecule has 0 radical (unpaired) electrons. The fourth-order valence-electron chi connectivity index (χ4n) is 4.19. The van der Waals surface area contributed by atoms with Gasteiger partial charge in [0.25, 0.3) is 0 Å². The molecule has 5 heteroatoms. The van der Waals surface area contributed by atoms with Crippen molar-refractivity contribution in [2.75, 3.05) is 40.5 Å². The van der Waals surface area contributed by atoms with E-state index in [1.807, 2.05) is 6.07 Å². The molecule has 1 fully saturated rings. The number of methoxy groups -OCH3 is 2. The third-order valence-corrected chi connectivity index (χ3v) is 5.84. The van der Waals surface area contributed by atoms with Gasteiger partial charge in [-0.05, 0) is 42.2 Å². The molecule has 0 aliphatic carbocycles. The summed E-state index contributed by atoms with van der Waals surface area (Å²) in [5, 5.41) is 9.61. The van der Waals surface area contributed by atoms with Crippen molar-refractivity contribution in [3.05, 3.63) is 64.7 Å². The maximum atomic E-state index is 9.61. The zero-order chi connectivity index (χ0) is 20.6. The van der Waals surface area contributed by atoms with Gasteiger partial charge in [0, 0.05) is 58.0 Å². The van der Waals surface area contributed by atoms with E-state index in [9.17, 15) is 5.11 Å². The van der Waals surface area contributed by atoms with Crippen molar-refractivity contribution in [3.8, 4) is 5.75 Å². The minimum absolute atomic E-state index is 0.225. The molecule has 0 saturated carbocycles. The SMILES string of the molecule is COCc1cc(CN2CCN(Cc3ccccc3C)[C@@H](CCO)C2)ccc1OC. The predicted octanol–water partition coefficient (Wildman–Crippen LogP) is 3.22. The van der Waals surface area contributed by atoms with Crippen LogP contribution in [-0.4, -0.2) is 61.4 Å². The van der Waals surface area contributed by atoms with Gasteiger partial charge in [0.1, 0.15) is 5.75 Å². The van der Waals surface area contributed by atoms with Crippen LogP contribution in [0.5, 0.6) is 5.75 Å². The molecule has 3 rings (SSSR count). The lowest BCUT2D eigenvalue weighted by atomic mass is 10.0. The molecular formula is C24H34N2O3. The lowest BCUT2D eigenvalue weighted by Gasteiger charge is -2.41. The summed E-state index contributed by atoms with van der Waals surface area (Å²) in [6.07, 6.45) is 0.805. The minimum atomic E-state index is 0.225. The van der Waals surface area contributed by atoms with Crippen molar-refractivity contribution in [1.82, 2.24) is 9.80 Å². The highest BCUT2D eigenvalue weighted by Gasteiger charge is 2.27. The molecule has 1 aliphatic heterocycles. The fraction of sp³-hybridized carbons (Fsp3) is 0.500. The highest BCUT2D eigenvalue weighted by Crippen LogP contribution is 2.23. The van der Waals surface area contributed by atoms with Crippen molar-refractivity contribution in [1.29, 1.82) is 0 Å². The van der Waals surface area contributed by atoms with E-state index < -0.39 is 0 Å². The van der Waals surface area contributed by atoms with Crippen molar-refractivity contribution in [3.63, 3.8) is 0 Å². The first-order valence-electron chi connectivity index (χ1n) is 10.4. The Bertz CT molecular complexity index is 780. The molecule has 1 aliphatic rings. The molecule has 0 aromatic heterocycles. The molecule has 2 aromatic rings. The molecule has 2 aromatic carbocycles. The van der Waals surface area contributed by atoms with Gasteiger partial charge in [0.15, 0.2) is 0 Å². The lowest BCUT2D eigenvalue weighted by Crippen LogP contribution is -2.52. The molecule has 158 valence electrons. The van der Waals surface area contributed by atoms with E-state index in [0.29, 0.717) is 12.6 Å². The van der Waals surface area contributed by atoms with Crippen molar-refractivity contribution in [2.45, 2.75) is 39.1 Å². The number of benzene rings is 2. The predicted molar refractivity (Wildman–Crippen MR) is 116 cm³/mol. The average molecular weight is 399 g/mol. The fourth-order valence-corrected chi connectivity index (χ4v) is 4.19. The number of aryl methyl sites for hydroxylation is 1. The molecule has 1 N–H and O–H groups in total. The first kappa shape index (κ1) is 21.8. The lowest BCUT2D eigenvalue weighted by molar-refractivity contribution is 0.0498. The Hall–Kier alpha value is -1.92. The molecule has 1 atom stereocenters. The first-order chi connectivity index (χ1) is 14.1. The summed E-state index contributed by atoms with van der Waals surface area (Å²) in [7, 11) is 3.40. The molecule has 0 spiro atoms. The molecule has 1 saturated heterocycles. The van der Waals surface area contributed by atoms with Crippen LogP contribution in [0.15, 0.2) is 42.5 Å². The van der Waals surface area contributed by atoms with E-state index >= 15 is 0 Å². The second kappa shape index (κ2) is 10.7. The average Bonchev–Trinajstić information content (AvgIpc) is 2.72. The summed E-state index contributed by atoms with van der Waals surface area (Å²) in [5.74, 6) is 0.872. The summed E-state index contributed by atoms with van der Waals surface area (Å²) in [5.41, 5.74) is 5.07. The van der Waals surface area contributed by atoms with Crippen LogP contribution in [0.25, 0.3) is 0 Å². The van der Waals surface area contributed by atoms with E-state index in [1.165, 1.54) is 16.7 Å². The number of rotatable bonds is 9. The van der Waals surface area contributed by atoms with E-state index in [0.717, 1.165) is 50.5 Å². The zero-order valence-corrected chi connectivity index (χ0v) is 17.9. The smallest absolute Gasteiger partial charge is 0.124 e. The third kappa shape index (κ3) is 5.80. The Morgan fingerprint density at radius 2 is 1.86 bits per heavy atom. The van der Waals surface area contributed by atoms with Crippen molar-refractivity contribution < 1.29 is 14.6 Å². The standard InChI is InChI=1S/C24H34N2O3/c1-19-6-4-5-7-21(19)16-26-12-11-25(17-23(26)10-13-27)15-20-8-9-24(29-3)22(14-20)18-28-2/h4-9,14,23,27H,10-13,15-18H2,1-3H3/t23-/m0/s1. The number of nitrogens with zero attached hydrogens (tertiary/aromatic N) is 2. The molecular weight excluding hydrogens is 364 g/mol. The van der Waals surface area contributed by atoms with Crippen LogP contribution in [0.4, 0.5) is 0 Å². The van der Waals surface area contributed by atoms with Crippen LogP contribution < -0.4 is 4.74 Å². The van der Waals surface area contributed by atoms with Gasteiger partial charge in [0.05, 0.1) is 13.7 Å². The summed E-state index contributed by atoms with van der Waals surface area (Å²) in [6.45, 7) is 7.82. The van der Waals surface area contributed by atoms with Crippen LogP contribution in [-0.2, 0) is 24.4 Å². The van der Waals surface area contributed by atoms with Gasteiger partial charge < -0.3 is 14.6 Å². The number of aliphatic hydroxyl groups is 1. The Kier molecular flexibility index (Phi) is 8.07. The van der Waals surface area contributed by atoms with Crippen molar-refractivity contribution >= 4 is 0 Å². The summed E-state index contributed by atoms with van der Waals surface area (Å²) >= 11 is 0. The largest absolute Gasteiger partial charge is 0.496 e. The Labute approximate surface area is 174 Å². The van der Waals surface area contributed by atoms with Crippen molar-refractivity contribution in [2.24, 2.45) is 0 Å².